The van der Waals surface area contributed by atoms with Gasteiger partial charge in [-0.3, -0.25) is 0 Å². The third kappa shape index (κ3) is 3.11. The Morgan fingerprint density at radius 2 is 1.13 bits per heavy atom. The van der Waals surface area contributed by atoms with Crippen LogP contribution < -0.4 is 0 Å². The molecule has 31 heavy (non-hydrogen) atoms. The van der Waals surface area contributed by atoms with Gasteiger partial charge in [0.15, 0.2) is 5.82 Å². The molecule has 0 saturated heterocycles. The summed E-state index contributed by atoms with van der Waals surface area (Å²) >= 11 is 1.74. The van der Waals surface area contributed by atoms with E-state index in [0.29, 0.717) is 0 Å². The van der Waals surface area contributed by atoms with E-state index in [1.807, 2.05) is 12.3 Å². The molecule has 146 valence electrons. The standard InChI is InChI=1S/C28H18N2S/c1-2-10-19(11-3-1)20-12-4-5-13-21(20)22-14-6-7-15-23(22)28-29-18-26-27(30-28)24-16-8-9-17-25(24)31-26/h1-18H. The summed E-state index contributed by atoms with van der Waals surface area (Å²) < 4.78 is 2.36. The zero-order valence-electron chi connectivity index (χ0n) is 16.7. The average Bonchev–Trinajstić information content (AvgIpc) is 3.22. The second-order valence-corrected chi connectivity index (χ2v) is 8.55. The third-order valence-electron chi connectivity index (χ3n) is 5.59. The number of rotatable bonds is 3. The summed E-state index contributed by atoms with van der Waals surface area (Å²) in [5.74, 6) is 0.759. The van der Waals surface area contributed by atoms with Crippen molar-refractivity contribution >= 4 is 31.6 Å². The molecule has 6 aromatic rings. The van der Waals surface area contributed by atoms with Crippen LogP contribution in [0.1, 0.15) is 0 Å². The predicted octanol–water partition coefficient (Wildman–Crippen LogP) is 7.85. The summed E-state index contributed by atoms with van der Waals surface area (Å²) in [6.45, 7) is 0. The molecule has 3 heteroatoms. The van der Waals surface area contributed by atoms with Crippen molar-refractivity contribution in [2.75, 3.05) is 0 Å². The van der Waals surface area contributed by atoms with E-state index in [9.17, 15) is 0 Å². The summed E-state index contributed by atoms with van der Waals surface area (Å²) in [7, 11) is 0. The second-order valence-electron chi connectivity index (χ2n) is 7.46. The van der Waals surface area contributed by atoms with Crippen LogP contribution in [0.5, 0.6) is 0 Å². The molecule has 0 saturated carbocycles. The molecule has 0 amide bonds. The van der Waals surface area contributed by atoms with Crippen LogP contribution in [0.4, 0.5) is 0 Å². The molecule has 0 unspecified atom stereocenters. The van der Waals surface area contributed by atoms with E-state index in [2.05, 4.69) is 97.1 Å². The van der Waals surface area contributed by atoms with Crippen LogP contribution in [0.25, 0.3) is 53.9 Å². The van der Waals surface area contributed by atoms with Crippen LogP contribution in [0, 0.1) is 0 Å². The van der Waals surface area contributed by atoms with Gasteiger partial charge in [-0.1, -0.05) is 97.1 Å². The van der Waals surface area contributed by atoms with Gasteiger partial charge in [0, 0.05) is 21.8 Å². The fourth-order valence-corrected chi connectivity index (χ4v) is 5.15. The van der Waals surface area contributed by atoms with Gasteiger partial charge in [0.2, 0.25) is 0 Å². The lowest BCUT2D eigenvalue weighted by Crippen LogP contribution is -1.93. The second kappa shape index (κ2) is 7.46. The highest BCUT2D eigenvalue weighted by Gasteiger charge is 2.15. The van der Waals surface area contributed by atoms with Crippen LogP contribution in [0.2, 0.25) is 0 Å². The highest BCUT2D eigenvalue weighted by molar-refractivity contribution is 7.25. The average molecular weight is 415 g/mol. The largest absolute Gasteiger partial charge is 0.235 e. The maximum absolute atomic E-state index is 5.02. The Kier molecular flexibility index (Phi) is 4.33. The number of hydrogen-bond acceptors (Lipinski definition) is 3. The molecule has 0 N–H and O–H groups in total. The molecular weight excluding hydrogens is 396 g/mol. The monoisotopic (exact) mass is 414 g/mol. The smallest absolute Gasteiger partial charge is 0.160 e. The van der Waals surface area contributed by atoms with Crippen molar-refractivity contribution < 1.29 is 0 Å². The lowest BCUT2D eigenvalue weighted by atomic mass is 9.91. The van der Waals surface area contributed by atoms with Gasteiger partial charge in [0.25, 0.3) is 0 Å². The molecule has 0 bridgehead atoms. The van der Waals surface area contributed by atoms with Gasteiger partial charge in [-0.25, -0.2) is 9.97 Å². The fraction of sp³-hybridized carbons (Fsp3) is 0. The number of aromatic nitrogens is 2. The molecule has 0 aliphatic rings. The van der Waals surface area contributed by atoms with E-state index in [1.54, 1.807) is 11.3 Å². The number of fused-ring (bicyclic) bond motifs is 3. The van der Waals surface area contributed by atoms with Crippen LogP contribution in [-0.2, 0) is 0 Å². The summed E-state index contributed by atoms with van der Waals surface area (Å²) in [5.41, 5.74) is 6.80. The van der Waals surface area contributed by atoms with Gasteiger partial charge in [0.05, 0.1) is 10.2 Å². The predicted molar refractivity (Wildman–Crippen MR) is 131 cm³/mol. The first-order valence-corrected chi connectivity index (χ1v) is 11.1. The van der Waals surface area contributed by atoms with Gasteiger partial charge < -0.3 is 0 Å². The molecule has 0 atom stereocenters. The van der Waals surface area contributed by atoms with Gasteiger partial charge in [-0.2, -0.15) is 0 Å². The number of nitrogens with zero attached hydrogens (tertiary/aromatic N) is 2. The summed E-state index contributed by atoms with van der Waals surface area (Å²) in [6, 6.07) is 35.9. The first-order valence-electron chi connectivity index (χ1n) is 10.3. The van der Waals surface area contributed by atoms with E-state index >= 15 is 0 Å². The van der Waals surface area contributed by atoms with Gasteiger partial charge in [-0.05, 0) is 28.3 Å². The minimum absolute atomic E-state index is 0.759. The number of hydrogen-bond donors (Lipinski definition) is 0. The maximum Gasteiger partial charge on any atom is 0.160 e. The Bertz CT molecular complexity index is 1530. The lowest BCUT2D eigenvalue weighted by Gasteiger charge is -2.13. The molecule has 2 heterocycles. The number of benzene rings is 4. The highest BCUT2D eigenvalue weighted by Crippen LogP contribution is 2.38. The van der Waals surface area contributed by atoms with E-state index < -0.39 is 0 Å². The minimum Gasteiger partial charge on any atom is -0.235 e. The minimum atomic E-state index is 0.759. The van der Waals surface area contributed by atoms with Gasteiger partial charge in [0.1, 0.15) is 0 Å². The van der Waals surface area contributed by atoms with E-state index in [1.165, 1.54) is 26.8 Å². The van der Waals surface area contributed by atoms with Crippen LogP contribution in [0.15, 0.2) is 109 Å². The normalized spacial score (nSPS) is 11.2. The Hall–Kier alpha value is -3.82. The Morgan fingerprint density at radius 1 is 0.516 bits per heavy atom. The van der Waals surface area contributed by atoms with Crippen molar-refractivity contribution in [2.45, 2.75) is 0 Å². The van der Waals surface area contributed by atoms with E-state index in [0.717, 1.165) is 27.2 Å². The van der Waals surface area contributed by atoms with Crippen molar-refractivity contribution in [1.82, 2.24) is 9.97 Å². The van der Waals surface area contributed by atoms with Crippen LogP contribution >= 0.6 is 11.3 Å². The molecule has 0 spiro atoms. The third-order valence-corrected chi connectivity index (χ3v) is 6.68. The summed E-state index contributed by atoms with van der Waals surface area (Å²) in [4.78, 5) is 9.78. The molecule has 2 nitrogen and oxygen atoms in total. The molecular formula is C28H18N2S. The SMILES string of the molecule is c1ccc(-c2ccccc2-c2ccccc2-c2ncc3sc4ccccc4c3n2)cc1. The highest BCUT2D eigenvalue weighted by atomic mass is 32.1. The van der Waals surface area contributed by atoms with E-state index in [-0.39, 0.29) is 0 Å². The van der Waals surface area contributed by atoms with Crippen LogP contribution in [0.3, 0.4) is 0 Å². The van der Waals surface area contributed by atoms with Gasteiger partial charge >= 0.3 is 0 Å². The summed E-state index contributed by atoms with van der Waals surface area (Å²) in [6.07, 6.45) is 1.96. The van der Waals surface area contributed by atoms with Crippen molar-refractivity contribution in [3.05, 3.63) is 109 Å². The first kappa shape index (κ1) is 18.0. The number of thiophene rings is 1. The first-order chi connectivity index (χ1) is 15.4. The zero-order chi connectivity index (χ0) is 20.6. The van der Waals surface area contributed by atoms with Crippen molar-refractivity contribution in [3.8, 4) is 33.6 Å². The molecule has 0 radical (unpaired) electrons. The van der Waals surface area contributed by atoms with Crippen LogP contribution in [-0.4, -0.2) is 9.97 Å². The molecule has 0 aliphatic heterocycles. The topological polar surface area (TPSA) is 25.8 Å². The Balaban J connectivity index is 1.57. The molecule has 4 aromatic carbocycles. The Morgan fingerprint density at radius 3 is 1.94 bits per heavy atom. The fourth-order valence-electron chi connectivity index (χ4n) is 4.14. The summed E-state index contributed by atoms with van der Waals surface area (Å²) in [5, 5.41) is 1.19. The molecule has 6 rings (SSSR count). The van der Waals surface area contributed by atoms with Crippen molar-refractivity contribution in [2.24, 2.45) is 0 Å². The van der Waals surface area contributed by atoms with Crippen molar-refractivity contribution in [3.63, 3.8) is 0 Å². The van der Waals surface area contributed by atoms with Crippen molar-refractivity contribution in [1.29, 1.82) is 0 Å². The molecule has 2 aromatic heterocycles. The quantitative estimate of drug-likeness (QED) is 0.295. The maximum atomic E-state index is 5.02. The molecule has 0 aliphatic carbocycles. The molecule has 0 fully saturated rings. The Labute approximate surface area is 184 Å². The van der Waals surface area contributed by atoms with E-state index in [4.69, 9.17) is 9.97 Å². The zero-order valence-corrected chi connectivity index (χ0v) is 17.5. The lowest BCUT2D eigenvalue weighted by molar-refractivity contribution is 1.24. The van der Waals surface area contributed by atoms with Gasteiger partial charge in [-0.15, -0.1) is 11.3 Å².